The molecule has 4 aromatic carbocycles. The first-order chi connectivity index (χ1) is 38.4. The number of amides is 8. The summed E-state index contributed by atoms with van der Waals surface area (Å²) in [5.74, 6) is -3.21. The highest BCUT2D eigenvalue weighted by molar-refractivity contribution is 6.05. The van der Waals surface area contributed by atoms with Crippen LogP contribution in [0.4, 0.5) is 5.69 Å². The minimum atomic E-state index is -0.971. The molecule has 8 amide bonds. The number of anilines is 1. The Kier molecular flexibility index (Phi) is 18.6. The Morgan fingerprint density at radius 2 is 1.12 bits per heavy atom. The fraction of sp³-hybridized carbons (Fsp3) is 0.500. The van der Waals surface area contributed by atoms with E-state index < -0.39 is 64.8 Å². The zero-order chi connectivity index (χ0) is 58.5. The summed E-state index contributed by atoms with van der Waals surface area (Å²) in [6, 6.07) is 22.4. The topological polar surface area (TPSA) is 227 Å². The number of carbonyl (C=O) groups is 8. The van der Waals surface area contributed by atoms with Gasteiger partial charge < -0.3 is 47.0 Å². The molecule has 3 unspecified atom stereocenters. The van der Waals surface area contributed by atoms with Gasteiger partial charge in [-0.25, -0.2) is 0 Å². The molecule has 1 fully saturated rings. The standard InChI is InChI=1S/C64H83N9O8/c1-11-37(2)55(74)70-53(63(4,5)6)61(80)72-35-44-32-43(27-26-42(44)33-51(72)59(78)68-49-24-16-20-39-18-12-14-22-47(39)49)58(77)66-45-30-28-41(29-31-45)57(76)67-46-34-52(60(79)69-50-25-17-21-40-19-13-15-23-48(40)50)73(36-46)62(81)54(64(7,8)9)71-56(75)38(3)65-10/h12-15,18-19,22-23,26-32,37-38,46,49-54,65H,11,16-17,20-21,24-25,33-36H2,1-10H3,(H,66,77)(H,67,76)(H,68,78)(H,69,79)(H,70,74)(H,71,75)/t37-,38+,46?,49?,50?,51+,52+,53-,54-/m1/s1. The van der Waals surface area contributed by atoms with E-state index in [0.29, 0.717) is 23.2 Å². The lowest BCUT2D eigenvalue weighted by molar-refractivity contribution is -0.147. The van der Waals surface area contributed by atoms with Crippen molar-refractivity contribution in [2.45, 2.75) is 175 Å². The van der Waals surface area contributed by atoms with Gasteiger partial charge in [-0.2, -0.15) is 0 Å². The van der Waals surface area contributed by atoms with Crippen molar-refractivity contribution in [1.29, 1.82) is 0 Å². The van der Waals surface area contributed by atoms with Crippen LogP contribution in [0.15, 0.2) is 91.0 Å². The molecule has 432 valence electrons. The van der Waals surface area contributed by atoms with E-state index >= 15 is 0 Å². The molecule has 4 aliphatic rings. The molecule has 0 bridgehead atoms. The van der Waals surface area contributed by atoms with Crippen molar-refractivity contribution in [2.75, 3.05) is 18.9 Å². The Balaban J connectivity index is 0.972. The SMILES string of the molecule is CC[C@@H](C)C(=O)N[C@H](C(=O)N1Cc2cc(C(=O)Nc3ccc(C(=O)NC4C[C@@H](C(=O)NC5CCCc6ccccc65)N(C(=O)[C@@H](NC(=O)[C@H](C)NC)C(C)(C)C)C4)cc3)ccc2C[C@H]1C(=O)NC1CCCc2ccccc21)C(C)(C)C. The normalized spacial score (nSPS) is 21.1. The van der Waals surface area contributed by atoms with Gasteiger partial charge in [-0.3, -0.25) is 38.4 Å². The molecule has 17 heteroatoms. The molecular formula is C64H83N9O8. The monoisotopic (exact) mass is 1110 g/mol. The molecule has 0 aromatic heterocycles. The fourth-order valence-electron chi connectivity index (χ4n) is 11.6. The van der Waals surface area contributed by atoms with Gasteiger partial charge >= 0.3 is 0 Å². The van der Waals surface area contributed by atoms with E-state index in [1.54, 1.807) is 55.3 Å². The van der Waals surface area contributed by atoms with Gasteiger partial charge in [0.1, 0.15) is 24.2 Å². The van der Waals surface area contributed by atoms with E-state index in [-0.39, 0.29) is 79.0 Å². The van der Waals surface area contributed by atoms with Crippen molar-refractivity contribution in [3.8, 4) is 0 Å². The molecule has 2 aliphatic carbocycles. The van der Waals surface area contributed by atoms with Crippen molar-refractivity contribution < 1.29 is 38.4 Å². The van der Waals surface area contributed by atoms with Gasteiger partial charge in [0.15, 0.2) is 0 Å². The first-order valence-electron chi connectivity index (χ1n) is 28.9. The van der Waals surface area contributed by atoms with Gasteiger partial charge in [-0.05, 0) is 146 Å². The van der Waals surface area contributed by atoms with E-state index in [1.165, 1.54) is 16.0 Å². The summed E-state index contributed by atoms with van der Waals surface area (Å²) in [6.45, 7) is 16.7. The number of nitrogens with zero attached hydrogens (tertiary/aromatic N) is 2. The van der Waals surface area contributed by atoms with Gasteiger partial charge in [0, 0.05) is 48.3 Å². The quantitative estimate of drug-likeness (QED) is 0.0613. The number of likely N-dealkylation sites (N-methyl/N-ethyl adjacent to an activating group) is 1. The average Bonchev–Trinajstić information content (AvgIpc) is 3.95. The van der Waals surface area contributed by atoms with Gasteiger partial charge in [0.05, 0.1) is 18.1 Å². The van der Waals surface area contributed by atoms with Crippen LogP contribution < -0.4 is 37.2 Å². The molecule has 0 spiro atoms. The maximum Gasteiger partial charge on any atom is 0.255 e. The molecule has 1 saturated heterocycles. The zero-order valence-corrected chi connectivity index (χ0v) is 48.8. The van der Waals surface area contributed by atoms with Gasteiger partial charge in [-0.15, -0.1) is 0 Å². The lowest BCUT2D eigenvalue weighted by Crippen LogP contribution is -2.61. The average molecular weight is 1110 g/mol. The summed E-state index contributed by atoms with van der Waals surface area (Å²) < 4.78 is 0. The lowest BCUT2D eigenvalue weighted by Gasteiger charge is -2.42. The predicted molar refractivity (Wildman–Crippen MR) is 312 cm³/mol. The van der Waals surface area contributed by atoms with Crippen LogP contribution in [0.3, 0.4) is 0 Å². The number of nitrogens with one attached hydrogen (secondary N) is 7. The Labute approximate surface area is 477 Å². The number of aryl methyl sites for hydroxylation is 2. The van der Waals surface area contributed by atoms with E-state index in [1.807, 2.05) is 97.9 Å². The van der Waals surface area contributed by atoms with Gasteiger partial charge in [0.25, 0.3) is 11.8 Å². The highest BCUT2D eigenvalue weighted by Gasteiger charge is 2.47. The summed E-state index contributed by atoms with van der Waals surface area (Å²) in [5, 5.41) is 21.4. The predicted octanol–water partition coefficient (Wildman–Crippen LogP) is 6.99. The molecule has 17 nitrogen and oxygen atoms in total. The first-order valence-corrected chi connectivity index (χ1v) is 28.9. The van der Waals surface area contributed by atoms with Crippen molar-refractivity contribution in [3.05, 3.63) is 136 Å². The maximum atomic E-state index is 14.9. The second-order valence-electron chi connectivity index (χ2n) is 24.9. The van der Waals surface area contributed by atoms with Crippen LogP contribution in [0, 0.1) is 16.7 Å². The molecule has 2 aliphatic heterocycles. The third kappa shape index (κ3) is 13.9. The fourth-order valence-corrected chi connectivity index (χ4v) is 11.6. The van der Waals surface area contributed by atoms with E-state index in [4.69, 9.17) is 0 Å². The molecule has 8 rings (SSSR count). The Morgan fingerprint density at radius 3 is 1.68 bits per heavy atom. The van der Waals surface area contributed by atoms with Crippen LogP contribution in [0.25, 0.3) is 0 Å². The third-order valence-electron chi connectivity index (χ3n) is 16.9. The molecule has 0 radical (unpaired) electrons. The van der Waals surface area contributed by atoms with Crippen LogP contribution in [0.1, 0.15) is 167 Å². The third-order valence-corrected chi connectivity index (χ3v) is 16.9. The summed E-state index contributed by atoms with van der Waals surface area (Å²) in [5.41, 5.74) is 5.61. The number of rotatable bonds is 16. The largest absolute Gasteiger partial charge is 0.347 e. The summed E-state index contributed by atoms with van der Waals surface area (Å²) in [4.78, 5) is 116. The molecule has 81 heavy (non-hydrogen) atoms. The minimum absolute atomic E-state index is 0.0290. The van der Waals surface area contributed by atoms with Gasteiger partial charge in [-0.1, -0.05) is 110 Å². The molecule has 4 aromatic rings. The molecule has 0 saturated carbocycles. The number of hydrogen-bond donors (Lipinski definition) is 7. The molecule has 7 N–H and O–H groups in total. The van der Waals surface area contributed by atoms with Crippen LogP contribution in [-0.2, 0) is 54.6 Å². The first kappa shape index (κ1) is 59.7. The Morgan fingerprint density at radius 1 is 0.593 bits per heavy atom. The van der Waals surface area contributed by atoms with E-state index in [2.05, 4.69) is 49.4 Å². The molecular weight excluding hydrogens is 1020 g/mol. The van der Waals surface area contributed by atoms with Gasteiger partial charge in [0.2, 0.25) is 35.4 Å². The minimum Gasteiger partial charge on any atom is -0.347 e. The maximum absolute atomic E-state index is 14.9. The number of benzene rings is 4. The number of carbonyl (C=O) groups excluding carboxylic acids is 8. The summed E-state index contributed by atoms with van der Waals surface area (Å²) in [7, 11) is 1.66. The highest BCUT2D eigenvalue weighted by atomic mass is 16.2. The van der Waals surface area contributed by atoms with Crippen molar-refractivity contribution in [2.24, 2.45) is 16.7 Å². The Hall–Kier alpha value is -7.40. The molecule has 2 heterocycles. The summed E-state index contributed by atoms with van der Waals surface area (Å²) in [6.07, 6.45) is 6.11. The van der Waals surface area contributed by atoms with Crippen molar-refractivity contribution in [3.63, 3.8) is 0 Å². The molecule has 9 atom stereocenters. The second-order valence-corrected chi connectivity index (χ2v) is 24.9. The van der Waals surface area contributed by atoms with E-state index in [0.717, 1.165) is 55.2 Å². The lowest BCUT2D eigenvalue weighted by atomic mass is 9.83. The van der Waals surface area contributed by atoms with Crippen LogP contribution in [0.2, 0.25) is 0 Å². The van der Waals surface area contributed by atoms with Crippen molar-refractivity contribution in [1.82, 2.24) is 41.7 Å². The highest BCUT2D eigenvalue weighted by Crippen LogP contribution is 2.35. The Bertz CT molecular complexity index is 3020. The van der Waals surface area contributed by atoms with Crippen LogP contribution >= 0.6 is 0 Å². The smallest absolute Gasteiger partial charge is 0.255 e. The second kappa shape index (κ2) is 25.2. The number of fused-ring (bicyclic) bond motifs is 3. The zero-order valence-electron chi connectivity index (χ0n) is 48.8. The summed E-state index contributed by atoms with van der Waals surface area (Å²) >= 11 is 0. The van der Waals surface area contributed by atoms with Crippen molar-refractivity contribution >= 4 is 52.9 Å². The van der Waals surface area contributed by atoms with E-state index in [9.17, 15) is 38.4 Å². The number of hydrogen-bond acceptors (Lipinski definition) is 9. The van der Waals surface area contributed by atoms with Crippen LogP contribution in [-0.4, -0.2) is 107 Å². The number of likely N-dealkylation sites (tertiary alicyclic amines) is 1. The van der Waals surface area contributed by atoms with Crippen LogP contribution in [0.5, 0.6) is 0 Å².